The molecule has 0 saturated carbocycles. The Morgan fingerprint density at radius 1 is 1.15 bits per heavy atom. The third-order valence-electron chi connectivity index (χ3n) is 4.39. The zero-order valence-electron chi connectivity index (χ0n) is 15.6. The molecule has 1 fully saturated rings. The zero-order chi connectivity index (χ0) is 19.2. The molecule has 142 valence electrons. The number of rotatable bonds is 5. The molecule has 27 heavy (non-hydrogen) atoms. The maximum Gasteiger partial charge on any atom is 0.246 e. The predicted octanol–water partition coefficient (Wildman–Crippen LogP) is 2.73. The number of carbonyl (C=O) groups is 2. The van der Waals surface area contributed by atoms with E-state index in [0.717, 1.165) is 22.0 Å². The third kappa shape index (κ3) is 5.40. The van der Waals surface area contributed by atoms with E-state index in [2.05, 4.69) is 4.98 Å². The number of nitrogens with zero attached hydrogens (tertiary/aromatic N) is 3. The van der Waals surface area contributed by atoms with Gasteiger partial charge < -0.3 is 14.5 Å². The average molecular weight is 385 g/mol. The van der Waals surface area contributed by atoms with Crippen molar-refractivity contribution in [2.75, 3.05) is 26.2 Å². The lowest BCUT2D eigenvalue weighted by Crippen LogP contribution is -2.49. The van der Waals surface area contributed by atoms with Gasteiger partial charge in [-0.3, -0.25) is 9.59 Å². The summed E-state index contributed by atoms with van der Waals surface area (Å²) in [4.78, 5) is 31.5. The second-order valence-corrected chi connectivity index (χ2v) is 7.44. The van der Waals surface area contributed by atoms with Crippen LogP contribution in [0.4, 0.5) is 0 Å². The molecule has 0 aliphatic carbocycles. The highest BCUT2D eigenvalue weighted by atomic mass is 32.1. The molecular weight excluding hydrogens is 362 g/mol. The Kier molecular flexibility index (Phi) is 6.24. The molecule has 0 N–H and O–H groups in total. The van der Waals surface area contributed by atoms with Crippen molar-refractivity contribution in [3.8, 4) is 5.75 Å². The minimum Gasteiger partial charge on any atom is -0.487 e. The van der Waals surface area contributed by atoms with Crippen LogP contribution in [0.5, 0.6) is 5.75 Å². The van der Waals surface area contributed by atoms with E-state index < -0.39 is 0 Å². The minimum absolute atomic E-state index is 0.0302. The van der Waals surface area contributed by atoms with Crippen molar-refractivity contribution in [1.29, 1.82) is 0 Å². The highest BCUT2D eigenvalue weighted by Gasteiger charge is 2.20. The number of benzene rings is 1. The molecule has 7 heteroatoms. The summed E-state index contributed by atoms with van der Waals surface area (Å²) in [7, 11) is 0. The lowest BCUT2D eigenvalue weighted by atomic mass is 10.2. The van der Waals surface area contributed by atoms with Gasteiger partial charge in [0.2, 0.25) is 11.8 Å². The van der Waals surface area contributed by atoms with Crippen LogP contribution >= 0.6 is 11.3 Å². The normalized spacial score (nSPS) is 14.6. The molecule has 0 radical (unpaired) electrons. The molecule has 0 unspecified atom stereocenters. The molecule has 3 rings (SSSR count). The maximum absolute atomic E-state index is 12.3. The van der Waals surface area contributed by atoms with Crippen molar-refractivity contribution in [1.82, 2.24) is 14.8 Å². The topological polar surface area (TPSA) is 62.7 Å². The van der Waals surface area contributed by atoms with Gasteiger partial charge in [-0.1, -0.05) is 12.1 Å². The Morgan fingerprint density at radius 2 is 1.81 bits per heavy atom. The zero-order valence-corrected chi connectivity index (χ0v) is 16.4. The van der Waals surface area contributed by atoms with Crippen molar-refractivity contribution in [3.05, 3.63) is 52.0 Å². The summed E-state index contributed by atoms with van der Waals surface area (Å²) in [6.07, 6.45) is 3.38. The summed E-state index contributed by atoms with van der Waals surface area (Å²) < 4.78 is 5.72. The van der Waals surface area contributed by atoms with E-state index in [4.69, 9.17) is 4.74 Å². The second kappa shape index (κ2) is 8.81. The summed E-state index contributed by atoms with van der Waals surface area (Å²) in [6.45, 7) is 6.32. The highest BCUT2D eigenvalue weighted by molar-refractivity contribution is 7.09. The molecule has 0 spiro atoms. The first-order chi connectivity index (χ1) is 13.0. The molecule has 1 aromatic heterocycles. The number of thiazole rings is 1. The van der Waals surface area contributed by atoms with Gasteiger partial charge in [0.05, 0.1) is 10.7 Å². The van der Waals surface area contributed by atoms with E-state index in [1.165, 1.54) is 0 Å². The van der Waals surface area contributed by atoms with Crippen molar-refractivity contribution in [2.24, 2.45) is 0 Å². The van der Waals surface area contributed by atoms with Crippen molar-refractivity contribution >= 4 is 29.2 Å². The smallest absolute Gasteiger partial charge is 0.246 e. The second-order valence-electron chi connectivity index (χ2n) is 6.38. The Morgan fingerprint density at radius 3 is 2.41 bits per heavy atom. The van der Waals surface area contributed by atoms with Crippen LogP contribution in [-0.2, 0) is 16.2 Å². The number of aryl methyl sites for hydroxylation is 1. The Balaban J connectivity index is 1.48. The van der Waals surface area contributed by atoms with Crippen LogP contribution in [0.25, 0.3) is 6.08 Å². The maximum atomic E-state index is 12.3. The van der Waals surface area contributed by atoms with Gasteiger partial charge in [0.1, 0.15) is 12.4 Å². The largest absolute Gasteiger partial charge is 0.487 e. The number of carbonyl (C=O) groups excluding carboxylic acids is 2. The number of aromatic nitrogens is 1. The fraction of sp³-hybridized carbons (Fsp3) is 0.350. The van der Waals surface area contributed by atoms with Crippen LogP contribution in [0.2, 0.25) is 0 Å². The number of piperazine rings is 1. The number of hydrogen-bond donors (Lipinski definition) is 0. The minimum atomic E-state index is -0.0302. The van der Waals surface area contributed by atoms with Gasteiger partial charge in [0.25, 0.3) is 0 Å². The van der Waals surface area contributed by atoms with Crippen LogP contribution in [0.3, 0.4) is 0 Å². The van der Waals surface area contributed by atoms with Gasteiger partial charge in [-0.05, 0) is 30.7 Å². The molecule has 2 amide bonds. The number of hydrogen-bond acceptors (Lipinski definition) is 5. The summed E-state index contributed by atoms with van der Waals surface area (Å²) in [5.41, 5.74) is 1.86. The van der Waals surface area contributed by atoms with Crippen LogP contribution < -0.4 is 4.74 Å². The quantitative estimate of drug-likeness (QED) is 0.743. The first-order valence-electron chi connectivity index (χ1n) is 8.87. The predicted molar refractivity (Wildman–Crippen MR) is 105 cm³/mol. The lowest BCUT2D eigenvalue weighted by Gasteiger charge is -2.33. The van der Waals surface area contributed by atoms with Gasteiger partial charge in [-0.15, -0.1) is 11.3 Å². The highest BCUT2D eigenvalue weighted by Crippen LogP contribution is 2.16. The van der Waals surface area contributed by atoms with Crippen LogP contribution in [0, 0.1) is 6.92 Å². The Bertz CT molecular complexity index is 821. The molecule has 1 aliphatic rings. The van der Waals surface area contributed by atoms with Gasteiger partial charge in [-0.2, -0.15) is 0 Å². The van der Waals surface area contributed by atoms with Gasteiger partial charge >= 0.3 is 0 Å². The van der Waals surface area contributed by atoms with Crippen molar-refractivity contribution < 1.29 is 14.3 Å². The lowest BCUT2D eigenvalue weighted by molar-refractivity contribution is -0.135. The molecule has 2 aromatic rings. The third-order valence-corrected chi connectivity index (χ3v) is 5.21. The molecule has 0 atom stereocenters. The SMILES string of the molecule is CC(=O)N1CCN(C(=O)C=Cc2ccc(OCc3csc(C)n3)cc2)CC1. The number of ether oxygens (including phenoxy) is 1. The Hall–Kier alpha value is -2.67. The molecular formula is C20H23N3O3S. The van der Waals surface area contributed by atoms with E-state index >= 15 is 0 Å². The standard InChI is InChI=1S/C20H23N3O3S/c1-15-21-18(14-27-15)13-26-19-6-3-17(4-7-19)5-8-20(25)23-11-9-22(10-12-23)16(2)24/h3-8,14H,9-13H2,1-2H3. The van der Waals surface area contributed by atoms with E-state index in [1.54, 1.807) is 40.2 Å². The summed E-state index contributed by atoms with van der Waals surface area (Å²) in [6, 6.07) is 7.60. The fourth-order valence-electron chi connectivity index (χ4n) is 2.82. The summed E-state index contributed by atoms with van der Waals surface area (Å²) in [5.74, 6) is 0.798. The van der Waals surface area contributed by atoms with E-state index in [-0.39, 0.29) is 11.8 Å². The van der Waals surface area contributed by atoms with Crippen LogP contribution in [0.1, 0.15) is 23.2 Å². The van der Waals surface area contributed by atoms with Gasteiger partial charge in [0, 0.05) is 44.6 Å². The molecule has 1 saturated heterocycles. The average Bonchev–Trinajstić information content (AvgIpc) is 3.10. The fourth-order valence-corrected chi connectivity index (χ4v) is 3.42. The molecule has 2 heterocycles. The van der Waals surface area contributed by atoms with Gasteiger partial charge in [0.15, 0.2) is 0 Å². The summed E-state index contributed by atoms with van der Waals surface area (Å²) >= 11 is 1.61. The monoisotopic (exact) mass is 385 g/mol. The first kappa shape index (κ1) is 19.1. The molecule has 0 bridgehead atoms. The van der Waals surface area contributed by atoms with Crippen molar-refractivity contribution in [3.63, 3.8) is 0 Å². The molecule has 1 aliphatic heterocycles. The van der Waals surface area contributed by atoms with Crippen molar-refractivity contribution in [2.45, 2.75) is 20.5 Å². The van der Waals surface area contributed by atoms with E-state index in [1.807, 2.05) is 36.6 Å². The van der Waals surface area contributed by atoms with Crippen LogP contribution in [0.15, 0.2) is 35.7 Å². The van der Waals surface area contributed by atoms with E-state index in [0.29, 0.717) is 32.8 Å². The van der Waals surface area contributed by atoms with Gasteiger partial charge in [-0.25, -0.2) is 4.98 Å². The van der Waals surface area contributed by atoms with Crippen LogP contribution in [-0.4, -0.2) is 52.8 Å². The molecule has 1 aromatic carbocycles. The summed E-state index contributed by atoms with van der Waals surface area (Å²) in [5, 5.41) is 3.02. The number of amides is 2. The molecule has 6 nitrogen and oxygen atoms in total. The van der Waals surface area contributed by atoms with E-state index in [9.17, 15) is 9.59 Å². The first-order valence-corrected chi connectivity index (χ1v) is 9.75. The Labute approximate surface area is 163 Å².